The summed E-state index contributed by atoms with van der Waals surface area (Å²) >= 11 is 7.80. The first kappa shape index (κ1) is 15.0. The third-order valence-corrected chi connectivity index (χ3v) is 5.24. The zero-order valence-corrected chi connectivity index (χ0v) is 14.0. The SMILES string of the molecule is CCc1cc2c(N(C)CC3CCCOC3)nc(Cl)nc2s1. The number of aryl methyl sites for hydroxylation is 1. The number of anilines is 1. The molecule has 21 heavy (non-hydrogen) atoms. The van der Waals surface area contributed by atoms with Gasteiger partial charge in [0.05, 0.1) is 12.0 Å². The fourth-order valence-corrected chi connectivity index (χ4v) is 4.00. The van der Waals surface area contributed by atoms with E-state index in [1.807, 2.05) is 0 Å². The first-order valence-electron chi connectivity index (χ1n) is 7.42. The van der Waals surface area contributed by atoms with Gasteiger partial charge >= 0.3 is 0 Å². The van der Waals surface area contributed by atoms with Gasteiger partial charge in [0.25, 0.3) is 0 Å². The van der Waals surface area contributed by atoms with Crippen molar-refractivity contribution >= 4 is 39.0 Å². The van der Waals surface area contributed by atoms with Gasteiger partial charge in [-0.3, -0.25) is 0 Å². The van der Waals surface area contributed by atoms with E-state index >= 15 is 0 Å². The lowest BCUT2D eigenvalue weighted by molar-refractivity contribution is 0.0576. The van der Waals surface area contributed by atoms with Crippen LogP contribution in [0, 0.1) is 5.92 Å². The summed E-state index contributed by atoms with van der Waals surface area (Å²) in [4.78, 5) is 13.3. The minimum atomic E-state index is 0.328. The number of hydrogen-bond donors (Lipinski definition) is 0. The highest BCUT2D eigenvalue weighted by atomic mass is 35.5. The van der Waals surface area contributed by atoms with E-state index in [2.05, 4.69) is 34.9 Å². The van der Waals surface area contributed by atoms with Crippen molar-refractivity contribution in [2.75, 3.05) is 31.7 Å². The normalized spacial score (nSPS) is 19.1. The Kier molecular flexibility index (Phi) is 4.62. The standard InChI is InChI=1S/C15H20ClN3OS/c1-3-11-7-12-13(17-15(16)18-14(12)21-11)19(2)8-10-5-4-6-20-9-10/h7,10H,3-6,8-9H2,1-2H3. The van der Waals surface area contributed by atoms with Crippen molar-refractivity contribution in [2.24, 2.45) is 5.92 Å². The Bertz CT molecular complexity index is 625. The van der Waals surface area contributed by atoms with Gasteiger partial charge in [-0.25, -0.2) is 4.98 Å². The number of nitrogens with zero attached hydrogens (tertiary/aromatic N) is 3. The zero-order valence-electron chi connectivity index (χ0n) is 12.4. The third kappa shape index (κ3) is 3.30. The van der Waals surface area contributed by atoms with Crippen LogP contribution in [0.5, 0.6) is 0 Å². The van der Waals surface area contributed by atoms with E-state index in [1.165, 1.54) is 11.3 Å². The molecule has 0 amide bonds. The quantitative estimate of drug-likeness (QED) is 0.802. The molecular weight excluding hydrogens is 306 g/mol. The number of halogens is 1. The molecule has 6 heteroatoms. The molecule has 0 radical (unpaired) electrons. The number of thiophene rings is 1. The molecule has 1 aliphatic heterocycles. The van der Waals surface area contributed by atoms with Gasteiger partial charge < -0.3 is 9.64 Å². The van der Waals surface area contributed by atoms with E-state index in [0.717, 1.165) is 48.6 Å². The van der Waals surface area contributed by atoms with Gasteiger partial charge in [-0.15, -0.1) is 11.3 Å². The largest absolute Gasteiger partial charge is 0.381 e. The predicted molar refractivity (Wildman–Crippen MR) is 88.6 cm³/mol. The minimum Gasteiger partial charge on any atom is -0.381 e. The molecule has 0 aromatic carbocycles. The maximum absolute atomic E-state index is 6.10. The summed E-state index contributed by atoms with van der Waals surface area (Å²) in [6.45, 7) is 4.84. The lowest BCUT2D eigenvalue weighted by Crippen LogP contribution is -2.31. The van der Waals surface area contributed by atoms with Crippen molar-refractivity contribution in [1.29, 1.82) is 0 Å². The molecular formula is C15H20ClN3OS. The average molecular weight is 326 g/mol. The van der Waals surface area contributed by atoms with E-state index in [4.69, 9.17) is 16.3 Å². The number of rotatable bonds is 4. The van der Waals surface area contributed by atoms with Crippen LogP contribution in [0.2, 0.25) is 5.28 Å². The van der Waals surface area contributed by atoms with Crippen molar-refractivity contribution < 1.29 is 4.74 Å². The summed E-state index contributed by atoms with van der Waals surface area (Å²) in [7, 11) is 2.08. The molecule has 0 saturated carbocycles. The molecule has 1 aliphatic rings. The van der Waals surface area contributed by atoms with Gasteiger partial charge in [-0.05, 0) is 42.8 Å². The molecule has 2 aromatic rings. The highest BCUT2D eigenvalue weighted by molar-refractivity contribution is 7.18. The monoisotopic (exact) mass is 325 g/mol. The Balaban J connectivity index is 1.88. The van der Waals surface area contributed by atoms with Crippen LogP contribution in [0.4, 0.5) is 5.82 Å². The number of hydrogen-bond acceptors (Lipinski definition) is 5. The summed E-state index contributed by atoms with van der Waals surface area (Å²) < 4.78 is 5.57. The molecule has 1 unspecified atom stereocenters. The van der Waals surface area contributed by atoms with Crippen molar-refractivity contribution in [3.63, 3.8) is 0 Å². The zero-order chi connectivity index (χ0) is 14.8. The second-order valence-corrected chi connectivity index (χ2v) is 7.02. The third-order valence-electron chi connectivity index (χ3n) is 3.89. The van der Waals surface area contributed by atoms with Crippen LogP contribution in [0.25, 0.3) is 10.2 Å². The Labute approximate surface area is 134 Å². The number of fused-ring (bicyclic) bond motifs is 1. The highest BCUT2D eigenvalue weighted by Crippen LogP contribution is 2.32. The molecule has 1 atom stereocenters. The second kappa shape index (κ2) is 6.46. The van der Waals surface area contributed by atoms with Crippen LogP contribution in [-0.4, -0.2) is 36.8 Å². The van der Waals surface area contributed by atoms with Crippen LogP contribution in [-0.2, 0) is 11.2 Å². The van der Waals surface area contributed by atoms with E-state index < -0.39 is 0 Å². The van der Waals surface area contributed by atoms with Crippen LogP contribution in [0.1, 0.15) is 24.6 Å². The molecule has 1 saturated heterocycles. The molecule has 2 aromatic heterocycles. The van der Waals surface area contributed by atoms with Crippen LogP contribution in [0.15, 0.2) is 6.07 Å². The smallest absolute Gasteiger partial charge is 0.225 e. The molecule has 0 aliphatic carbocycles. The average Bonchev–Trinajstić information content (AvgIpc) is 2.90. The van der Waals surface area contributed by atoms with E-state index in [9.17, 15) is 0 Å². The summed E-state index contributed by atoms with van der Waals surface area (Å²) in [5.74, 6) is 1.50. The van der Waals surface area contributed by atoms with E-state index in [0.29, 0.717) is 11.2 Å². The molecule has 0 bridgehead atoms. The van der Waals surface area contributed by atoms with Gasteiger partial charge in [-0.1, -0.05) is 6.92 Å². The van der Waals surface area contributed by atoms with Crippen LogP contribution < -0.4 is 4.90 Å². The van der Waals surface area contributed by atoms with Crippen LogP contribution in [0.3, 0.4) is 0 Å². The molecule has 4 nitrogen and oxygen atoms in total. The number of ether oxygens (including phenoxy) is 1. The van der Waals surface area contributed by atoms with E-state index in [1.54, 1.807) is 11.3 Å². The minimum absolute atomic E-state index is 0.328. The Morgan fingerprint density at radius 1 is 1.48 bits per heavy atom. The molecule has 0 spiro atoms. The fraction of sp³-hybridized carbons (Fsp3) is 0.600. The Hall–Kier alpha value is -0.910. The van der Waals surface area contributed by atoms with Crippen molar-refractivity contribution in [1.82, 2.24) is 9.97 Å². The van der Waals surface area contributed by atoms with E-state index in [-0.39, 0.29) is 0 Å². The molecule has 114 valence electrons. The van der Waals surface area contributed by atoms with Gasteiger partial charge in [0.15, 0.2) is 0 Å². The highest BCUT2D eigenvalue weighted by Gasteiger charge is 2.19. The fourth-order valence-electron chi connectivity index (χ4n) is 2.82. The Morgan fingerprint density at radius 2 is 2.33 bits per heavy atom. The first-order chi connectivity index (χ1) is 10.2. The maximum Gasteiger partial charge on any atom is 0.225 e. The second-order valence-electron chi connectivity index (χ2n) is 5.57. The molecule has 3 rings (SSSR count). The Morgan fingerprint density at radius 3 is 3.05 bits per heavy atom. The van der Waals surface area contributed by atoms with Gasteiger partial charge in [0, 0.05) is 25.1 Å². The van der Waals surface area contributed by atoms with Gasteiger partial charge in [0.2, 0.25) is 5.28 Å². The van der Waals surface area contributed by atoms with Gasteiger partial charge in [0.1, 0.15) is 10.6 Å². The maximum atomic E-state index is 6.10. The van der Waals surface area contributed by atoms with Crippen LogP contribution >= 0.6 is 22.9 Å². The summed E-state index contributed by atoms with van der Waals surface area (Å²) in [5, 5.41) is 1.44. The van der Waals surface area contributed by atoms with Gasteiger partial charge in [-0.2, -0.15) is 4.98 Å². The summed E-state index contributed by atoms with van der Waals surface area (Å²) in [6.07, 6.45) is 3.38. The summed E-state index contributed by atoms with van der Waals surface area (Å²) in [5.41, 5.74) is 0. The molecule has 1 fully saturated rings. The topological polar surface area (TPSA) is 38.2 Å². The first-order valence-corrected chi connectivity index (χ1v) is 8.61. The predicted octanol–water partition coefficient (Wildman–Crippen LogP) is 3.77. The van der Waals surface area contributed by atoms with Crippen molar-refractivity contribution in [3.8, 4) is 0 Å². The number of aromatic nitrogens is 2. The van der Waals surface area contributed by atoms with Crippen molar-refractivity contribution in [2.45, 2.75) is 26.2 Å². The lowest BCUT2D eigenvalue weighted by atomic mass is 10.0. The van der Waals surface area contributed by atoms with Crippen molar-refractivity contribution in [3.05, 3.63) is 16.2 Å². The molecule has 0 N–H and O–H groups in total. The molecule has 3 heterocycles. The summed E-state index contributed by atoms with van der Waals surface area (Å²) in [6, 6.07) is 2.19. The lowest BCUT2D eigenvalue weighted by Gasteiger charge is -2.28.